The molecule has 4 rings (SSSR count). The predicted octanol–water partition coefficient (Wildman–Crippen LogP) is 2.77. The van der Waals surface area contributed by atoms with Gasteiger partial charge in [-0.2, -0.15) is 0 Å². The number of nitrogens with zero attached hydrogens (tertiary/aromatic N) is 3. The van der Waals surface area contributed by atoms with Crippen molar-refractivity contribution < 1.29 is 5.11 Å². The molecule has 0 atom stereocenters. The van der Waals surface area contributed by atoms with Crippen LogP contribution in [0.1, 0.15) is 48.8 Å². The van der Waals surface area contributed by atoms with E-state index in [2.05, 4.69) is 27.0 Å². The van der Waals surface area contributed by atoms with Gasteiger partial charge in [0.25, 0.3) is 0 Å². The SMILES string of the molecule is NC1CC(c2cc(N3CCC(c4cccc(O)c4)CC3)ncn2)C1. The Bertz CT molecular complexity index is 706. The number of nitrogens with two attached hydrogens (primary N) is 1. The molecule has 2 aromatic rings. The summed E-state index contributed by atoms with van der Waals surface area (Å²) in [4.78, 5) is 11.3. The molecule has 2 fully saturated rings. The first-order valence-corrected chi connectivity index (χ1v) is 8.80. The van der Waals surface area contributed by atoms with Gasteiger partial charge in [-0.3, -0.25) is 0 Å². The van der Waals surface area contributed by atoms with Crippen LogP contribution in [-0.4, -0.2) is 34.2 Å². The quantitative estimate of drug-likeness (QED) is 0.908. The molecule has 126 valence electrons. The third kappa shape index (κ3) is 3.08. The van der Waals surface area contributed by atoms with Crippen molar-refractivity contribution in [2.45, 2.75) is 43.6 Å². The molecule has 2 heterocycles. The maximum absolute atomic E-state index is 9.67. The highest BCUT2D eigenvalue weighted by Gasteiger charge is 2.29. The molecule has 3 N–H and O–H groups in total. The second kappa shape index (κ2) is 6.40. The van der Waals surface area contributed by atoms with Gasteiger partial charge in [0.05, 0.1) is 0 Å². The van der Waals surface area contributed by atoms with Gasteiger partial charge < -0.3 is 15.7 Å². The fraction of sp³-hybridized carbons (Fsp3) is 0.474. The molecule has 1 saturated carbocycles. The number of phenolic OH excluding ortho intramolecular Hbond substituents is 1. The smallest absolute Gasteiger partial charge is 0.132 e. The average Bonchev–Trinajstić information content (AvgIpc) is 2.59. The largest absolute Gasteiger partial charge is 0.508 e. The number of benzene rings is 1. The Balaban J connectivity index is 1.41. The normalized spacial score (nSPS) is 24.6. The third-order valence-electron chi connectivity index (χ3n) is 5.43. The lowest BCUT2D eigenvalue weighted by atomic mass is 9.78. The van der Waals surface area contributed by atoms with Crippen molar-refractivity contribution in [2.75, 3.05) is 18.0 Å². The molecule has 0 unspecified atom stereocenters. The molecule has 1 aromatic heterocycles. The second-order valence-electron chi connectivity index (χ2n) is 7.09. The van der Waals surface area contributed by atoms with Gasteiger partial charge >= 0.3 is 0 Å². The summed E-state index contributed by atoms with van der Waals surface area (Å²) in [5.74, 6) is 2.41. The topological polar surface area (TPSA) is 75.3 Å². The number of hydrogen-bond donors (Lipinski definition) is 2. The molecular weight excluding hydrogens is 300 g/mol. The fourth-order valence-corrected chi connectivity index (χ4v) is 3.88. The van der Waals surface area contributed by atoms with E-state index in [1.54, 1.807) is 12.4 Å². The Kier molecular flexibility index (Phi) is 4.10. The molecule has 0 amide bonds. The van der Waals surface area contributed by atoms with E-state index in [4.69, 9.17) is 5.73 Å². The summed E-state index contributed by atoms with van der Waals surface area (Å²) in [5, 5.41) is 9.67. The van der Waals surface area contributed by atoms with E-state index in [0.717, 1.165) is 50.3 Å². The lowest BCUT2D eigenvalue weighted by Crippen LogP contribution is -2.36. The zero-order chi connectivity index (χ0) is 16.5. The van der Waals surface area contributed by atoms with Crippen LogP contribution in [0.25, 0.3) is 0 Å². The van der Waals surface area contributed by atoms with Gasteiger partial charge in [0, 0.05) is 36.8 Å². The minimum Gasteiger partial charge on any atom is -0.508 e. The first-order chi connectivity index (χ1) is 11.7. The molecule has 0 spiro atoms. The lowest BCUT2D eigenvalue weighted by molar-refractivity contribution is 0.345. The minimum atomic E-state index is 0.339. The van der Waals surface area contributed by atoms with Gasteiger partial charge in [-0.1, -0.05) is 12.1 Å². The molecule has 1 saturated heterocycles. The first kappa shape index (κ1) is 15.4. The molecule has 2 aliphatic rings. The molecule has 24 heavy (non-hydrogen) atoms. The van der Waals surface area contributed by atoms with E-state index in [-0.39, 0.29) is 0 Å². The number of aromatic nitrogens is 2. The van der Waals surface area contributed by atoms with E-state index in [9.17, 15) is 5.11 Å². The molecular formula is C19H24N4O. The molecule has 1 aliphatic carbocycles. The van der Waals surface area contributed by atoms with Crippen LogP contribution in [0.3, 0.4) is 0 Å². The zero-order valence-electron chi connectivity index (χ0n) is 13.8. The first-order valence-electron chi connectivity index (χ1n) is 8.80. The summed E-state index contributed by atoms with van der Waals surface area (Å²) >= 11 is 0. The second-order valence-corrected chi connectivity index (χ2v) is 7.09. The number of rotatable bonds is 3. The van der Waals surface area contributed by atoms with E-state index in [1.165, 1.54) is 5.56 Å². The van der Waals surface area contributed by atoms with Gasteiger partial charge in [-0.05, 0) is 49.3 Å². The Morgan fingerprint density at radius 3 is 2.54 bits per heavy atom. The van der Waals surface area contributed by atoms with Crippen molar-refractivity contribution in [1.29, 1.82) is 0 Å². The molecule has 5 nitrogen and oxygen atoms in total. The highest BCUT2D eigenvalue weighted by molar-refractivity contribution is 5.41. The van der Waals surface area contributed by atoms with E-state index in [0.29, 0.717) is 23.6 Å². The fourth-order valence-electron chi connectivity index (χ4n) is 3.88. The zero-order valence-corrected chi connectivity index (χ0v) is 13.8. The van der Waals surface area contributed by atoms with Crippen molar-refractivity contribution in [3.05, 3.63) is 47.9 Å². The van der Waals surface area contributed by atoms with Gasteiger partial charge in [-0.25, -0.2) is 9.97 Å². The number of aromatic hydroxyl groups is 1. The molecule has 5 heteroatoms. The van der Waals surface area contributed by atoms with Gasteiger partial charge in [0.1, 0.15) is 17.9 Å². The van der Waals surface area contributed by atoms with E-state index >= 15 is 0 Å². The number of anilines is 1. The number of phenols is 1. The summed E-state index contributed by atoms with van der Waals surface area (Å²) in [7, 11) is 0. The highest BCUT2D eigenvalue weighted by Crippen LogP contribution is 2.36. The van der Waals surface area contributed by atoms with Crippen molar-refractivity contribution in [2.24, 2.45) is 5.73 Å². The Hall–Kier alpha value is -2.14. The molecule has 1 aliphatic heterocycles. The summed E-state index contributed by atoms with van der Waals surface area (Å²) in [5.41, 5.74) is 8.27. The number of hydrogen-bond acceptors (Lipinski definition) is 5. The summed E-state index contributed by atoms with van der Waals surface area (Å²) < 4.78 is 0. The van der Waals surface area contributed by atoms with Crippen LogP contribution in [0.2, 0.25) is 0 Å². The van der Waals surface area contributed by atoms with Gasteiger partial charge in [0.15, 0.2) is 0 Å². The van der Waals surface area contributed by atoms with Crippen molar-refractivity contribution in [1.82, 2.24) is 9.97 Å². The summed E-state index contributed by atoms with van der Waals surface area (Å²) in [6.07, 6.45) is 5.93. The Morgan fingerprint density at radius 1 is 1.04 bits per heavy atom. The number of piperidine rings is 1. The standard InChI is InChI=1S/C19H24N4O/c20-16-8-15(9-16)18-11-19(22-12-21-18)23-6-4-13(5-7-23)14-2-1-3-17(24)10-14/h1-3,10-13,15-16,24H,4-9,20H2. The predicted molar refractivity (Wildman–Crippen MR) is 94.3 cm³/mol. The van der Waals surface area contributed by atoms with Crippen LogP contribution < -0.4 is 10.6 Å². The highest BCUT2D eigenvalue weighted by atomic mass is 16.3. The monoisotopic (exact) mass is 324 g/mol. The van der Waals surface area contributed by atoms with Crippen molar-refractivity contribution >= 4 is 5.82 Å². The van der Waals surface area contributed by atoms with Gasteiger partial charge in [0.2, 0.25) is 0 Å². The summed E-state index contributed by atoms with van der Waals surface area (Å²) in [6.45, 7) is 1.97. The Morgan fingerprint density at radius 2 is 1.83 bits per heavy atom. The van der Waals surface area contributed by atoms with E-state index < -0.39 is 0 Å². The van der Waals surface area contributed by atoms with Crippen molar-refractivity contribution in [3.8, 4) is 5.75 Å². The van der Waals surface area contributed by atoms with Crippen LogP contribution in [0.15, 0.2) is 36.7 Å². The van der Waals surface area contributed by atoms with E-state index in [1.807, 2.05) is 12.1 Å². The minimum absolute atomic E-state index is 0.339. The lowest BCUT2D eigenvalue weighted by Gasteiger charge is -2.35. The third-order valence-corrected chi connectivity index (χ3v) is 5.43. The van der Waals surface area contributed by atoms with Crippen molar-refractivity contribution in [3.63, 3.8) is 0 Å². The average molecular weight is 324 g/mol. The van der Waals surface area contributed by atoms with Crippen LogP contribution in [0.4, 0.5) is 5.82 Å². The maximum atomic E-state index is 9.67. The summed E-state index contributed by atoms with van der Waals surface area (Å²) in [6, 6.07) is 10.1. The van der Waals surface area contributed by atoms with Gasteiger partial charge in [-0.15, -0.1) is 0 Å². The molecule has 0 bridgehead atoms. The van der Waals surface area contributed by atoms with Crippen LogP contribution in [0.5, 0.6) is 5.75 Å². The molecule has 0 radical (unpaired) electrons. The molecule has 1 aromatic carbocycles. The van der Waals surface area contributed by atoms with Crippen LogP contribution in [0, 0.1) is 0 Å². The van der Waals surface area contributed by atoms with Crippen LogP contribution >= 0.6 is 0 Å². The Labute approximate surface area is 142 Å². The van der Waals surface area contributed by atoms with Crippen LogP contribution in [-0.2, 0) is 0 Å². The maximum Gasteiger partial charge on any atom is 0.132 e.